The molecule has 5 nitrogen and oxygen atoms in total. The van der Waals surface area contributed by atoms with Gasteiger partial charge in [-0.2, -0.15) is 5.10 Å². The fourth-order valence-corrected chi connectivity index (χ4v) is 3.61. The number of aliphatic carboxylic acids is 1. The molecule has 148 valence electrons. The van der Waals surface area contributed by atoms with Crippen LogP contribution in [0.5, 0.6) is 5.75 Å². The average molecular weight is 388 g/mol. The SMILES string of the molecule is CC#CC(CC(=O)O)c1ccc(OC(CC2CC2)c2ccc3[nH]ncc3c2)cc1. The second-order valence-corrected chi connectivity index (χ2v) is 7.62. The van der Waals surface area contributed by atoms with Crippen LogP contribution in [0, 0.1) is 17.8 Å². The van der Waals surface area contributed by atoms with Gasteiger partial charge < -0.3 is 9.84 Å². The highest BCUT2D eigenvalue weighted by atomic mass is 16.5. The maximum absolute atomic E-state index is 11.1. The van der Waals surface area contributed by atoms with Crippen molar-refractivity contribution < 1.29 is 14.6 Å². The van der Waals surface area contributed by atoms with Crippen molar-refractivity contribution >= 4 is 16.9 Å². The second kappa shape index (κ2) is 8.40. The lowest BCUT2D eigenvalue weighted by Gasteiger charge is -2.20. The van der Waals surface area contributed by atoms with Crippen molar-refractivity contribution in [3.05, 3.63) is 59.8 Å². The Balaban J connectivity index is 1.53. The van der Waals surface area contributed by atoms with E-state index in [1.165, 1.54) is 12.8 Å². The largest absolute Gasteiger partial charge is 0.486 e. The van der Waals surface area contributed by atoms with Crippen molar-refractivity contribution in [1.82, 2.24) is 10.2 Å². The summed E-state index contributed by atoms with van der Waals surface area (Å²) in [6.45, 7) is 1.73. The number of carbonyl (C=O) groups is 1. The van der Waals surface area contributed by atoms with Crippen LogP contribution in [0.15, 0.2) is 48.7 Å². The van der Waals surface area contributed by atoms with Crippen molar-refractivity contribution in [3.63, 3.8) is 0 Å². The predicted octanol–water partition coefficient (Wildman–Crippen LogP) is 5.06. The number of carboxylic acids is 1. The first-order valence-corrected chi connectivity index (χ1v) is 9.96. The normalized spacial score (nSPS) is 15.3. The molecule has 1 fully saturated rings. The molecule has 5 heteroatoms. The zero-order valence-corrected chi connectivity index (χ0v) is 16.4. The Morgan fingerprint density at radius 3 is 2.69 bits per heavy atom. The van der Waals surface area contributed by atoms with E-state index in [2.05, 4.69) is 34.2 Å². The molecular weight excluding hydrogens is 364 g/mol. The summed E-state index contributed by atoms with van der Waals surface area (Å²) in [6.07, 6.45) is 5.33. The molecule has 0 amide bonds. The molecule has 1 aliphatic rings. The van der Waals surface area contributed by atoms with Gasteiger partial charge in [0.15, 0.2) is 0 Å². The Labute approximate surface area is 170 Å². The summed E-state index contributed by atoms with van der Waals surface area (Å²) in [5.41, 5.74) is 3.06. The molecular formula is C24H24N2O3. The molecule has 0 bridgehead atoms. The zero-order valence-electron chi connectivity index (χ0n) is 16.4. The first kappa shape index (κ1) is 19.1. The van der Waals surface area contributed by atoms with E-state index < -0.39 is 5.97 Å². The molecule has 0 aliphatic heterocycles. The number of hydrogen-bond acceptors (Lipinski definition) is 3. The molecule has 1 aliphatic carbocycles. The number of H-pyrrole nitrogens is 1. The number of nitrogens with zero attached hydrogens (tertiary/aromatic N) is 1. The second-order valence-electron chi connectivity index (χ2n) is 7.62. The molecule has 2 aromatic carbocycles. The van der Waals surface area contributed by atoms with Crippen LogP contribution in [0.4, 0.5) is 0 Å². The molecule has 1 saturated carbocycles. The van der Waals surface area contributed by atoms with Gasteiger partial charge in [-0.15, -0.1) is 5.92 Å². The van der Waals surface area contributed by atoms with Crippen LogP contribution in [0.1, 0.15) is 55.8 Å². The van der Waals surface area contributed by atoms with Crippen LogP contribution < -0.4 is 4.74 Å². The molecule has 0 spiro atoms. The summed E-state index contributed by atoms with van der Waals surface area (Å²) >= 11 is 0. The molecule has 2 atom stereocenters. The van der Waals surface area contributed by atoms with Crippen LogP contribution in [0.25, 0.3) is 10.9 Å². The Morgan fingerprint density at radius 2 is 2.00 bits per heavy atom. The molecule has 1 aromatic heterocycles. The van der Waals surface area contributed by atoms with Gasteiger partial charge in [-0.3, -0.25) is 9.89 Å². The van der Waals surface area contributed by atoms with E-state index in [1.807, 2.05) is 36.5 Å². The maximum atomic E-state index is 11.1. The van der Waals surface area contributed by atoms with E-state index in [1.54, 1.807) is 6.92 Å². The summed E-state index contributed by atoms with van der Waals surface area (Å²) in [4.78, 5) is 11.1. The lowest BCUT2D eigenvalue weighted by Crippen LogP contribution is -2.09. The fraction of sp³-hybridized carbons (Fsp3) is 0.333. The van der Waals surface area contributed by atoms with Crippen LogP contribution in [0.3, 0.4) is 0 Å². The van der Waals surface area contributed by atoms with Crippen molar-refractivity contribution in [3.8, 4) is 17.6 Å². The van der Waals surface area contributed by atoms with Gasteiger partial charge in [0.2, 0.25) is 0 Å². The van der Waals surface area contributed by atoms with Gasteiger partial charge in [0.1, 0.15) is 11.9 Å². The average Bonchev–Trinajstić information content (AvgIpc) is 3.40. The molecule has 29 heavy (non-hydrogen) atoms. The van der Waals surface area contributed by atoms with Crippen LogP contribution in [-0.4, -0.2) is 21.3 Å². The van der Waals surface area contributed by atoms with Crippen LogP contribution in [-0.2, 0) is 4.79 Å². The predicted molar refractivity (Wildman–Crippen MR) is 112 cm³/mol. The number of carboxylic acid groups (broad SMARTS) is 1. The van der Waals surface area contributed by atoms with Gasteiger partial charge >= 0.3 is 5.97 Å². The number of rotatable bonds is 8. The van der Waals surface area contributed by atoms with Gasteiger partial charge in [0.25, 0.3) is 0 Å². The van der Waals surface area contributed by atoms with Gasteiger partial charge in [-0.25, -0.2) is 0 Å². The number of fused-ring (bicyclic) bond motifs is 1. The van der Waals surface area contributed by atoms with E-state index >= 15 is 0 Å². The molecule has 0 radical (unpaired) electrons. The standard InChI is InChI=1S/C24H24N2O3/c1-2-3-18(14-24(27)28)17-6-9-21(10-7-17)29-23(12-16-4-5-16)19-8-11-22-20(13-19)15-25-26-22/h6-11,13,15-16,18,23H,4-5,12,14H2,1H3,(H,25,26)(H,27,28). The van der Waals surface area contributed by atoms with Gasteiger partial charge in [0, 0.05) is 5.39 Å². The van der Waals surface area contributed by atoms with E-state index in [0.29, 0.717) is 0 Å². The van der Waals surface area contributed by atoms with Crippen molar-refractivity contribution in [2.24, 2.45) is 5.92 Å². The minimum absolute atomic E-state index is 0.00391. The summed E-state index contributed by atoms with van der Waals surface area (Å²) in [6, 6.07) is 13.9. The number of aromatic amines is 1. The first-order chi connectivity index (χ1) is 14.1. The topological polar surface area (TPSA) is 75.2 Å². The van der Waals surface area contributed by atoms with Crippen molar-refractivity contribution in [2.45, 2.75) is 44.6 Å². The summed E-state index contributed by atoms with van der Waals surface area (Å²) in [5.74, 6) is 6.16. The van der Waals surface area contributed by atoms with Gasteiger partial charge in [-0.1, -0.05) is 37.0 Å². The molecule has 4 rings (SSSR count). The summed E-state index contributed by atoms with van der Waals surface area (Å²) < 4.78 is 6.37. The van der Waals surface area contributed by atoms with Crippen LogP contribution >= 0.6 is 0 Å². The molecule has 0 saturated heterocycles. The smallest absolute Gasteiger partial charge is 0.304 e. The van der Waals surface area contributed by atoms with E-state index in [9.17, 15) is 4.79 Å². The fourth-order valence-electron chi connectivity index (χ4n) is 3.61. The monoisotopic (exact) mass is 388 g/mol. The number of benzene rings is 2. The Bertz CT molecular complexity index is 1050. The molecule has 2 N–H and O–H groups in total. The third-order valence-electron chi connectivity index (χ3n) is 5.34. The number of ether oxygens (including phenoxy) is 1. The molecule has 3 aromatic rings. The quantitative estimate of drug-likeness (QED) is 0.529. The van der Waals surface area contributed by atoms with Crippen LogP contribution in [0.2, 0.25) is 0 Å². The van der Waals surface area contributed by atoms with Crippen molar-refractivity contribution in [1.29, 1.82) is 0 Å². The van der Waals surface area contributed by atoms with Crippen molar-refractivity contribution in [2.75, 3.05) is 0 Å². The first-order valence-electron chi connectivity index (χ1n) is 9.96. The Kier molecular flexibility index (Phi) is 5.53. The van der Waals surface area contributed by atoms with Gasteiger partial charge in [-0.05, 0) is 54.7 Å². The minimum Gasteiger partial charge on any atom is -0.486 e. The van der Waals surface area contributed by atoms with E-state index in [0.717, 1.165) is 40.1 Å². The number of aromatic nitrogens is 2. The Hall–Kier alpha value is -3.26. The highest BCUT2D eigenvalue weighted by Crippen LogP contribution is 2.40. The maximum Gasteiger partial charge on any atom is 0.304 e. The van der Waals surface area contributed by atoms with E-state index in [4.69, 9.17) is 9.84 Å². The zero-order chi connectivity index (χ0) is 20.2. The highest BCUT2D eigenvalue weighted by molar-refractivity contribution is 5.78. The van der Waals surface area contributed by atoms with Gasteiger partial charge in [0.05, 0.1) is 24.1 Å². The molecule has 2 unspecified atom stereocenters. The lowest BCUT2D eigenvalue weighted by atomic mass is 9.96. The molecule has 1 heterocycles. The Morgan fingerprint density at radius 1 is 1.24 bits per heavy atom. The lowest BCUT2D eigenvalue weighted by molar-refractivity contribution is -0.137. The number of nitrogens with one attached hydrogen (secondary N) is 1. The third kappa shape index (κ3) is 4.78. The summed E-state index contributed by atoms with van der Waals surface area (Å²) in [5, 5.41) is 17.3. The van der Waals surface area contributed by atoms with E-state index in [-0.39, 0.29) is 18.4 Å². The number of hydrogen-bond donors (Lipinski definition) is 2. The minimum atomic E-state index is -0.850. The highest BCUT2D eigenvalue weighted by Gasteiger charge is 2.28. The third-order valence-corrected chi connectivity index (χ3v) is 5.34. The summed E-state index contributed by atoms with van der Waals surface area (Å²) in [7, 11) is 0.